The van der Waals surface area contributed by atoms with Crippen LogP contribution in [0.25, 0.3) is 0 Å². The number of aliphatic hydroxyl groups excluding tert-OH is 12. The molecule has 73 heavy (non-hydrogen) atoms. The van der Waals surface area contributed by atoms with Crippen molar-refractivity contribution >= 4 is 0 Å². The number of ether oxygens (including phenoxy) is 9. The van der Waals surface area contributed by atoms with Gasteiger partial charge in [-0.25, -0.2) is 0 Å². The second-order valence-electron chi connectivity index (χ2n) is 25.8. The molecule has 21 heteroatoms. The van der Waals surface area contributed by atoms with E-state index in [9.17, 15) is 61.3 Å². The number of fused-ring (bicyclic) bond motifs is 4. The van der Waals surface area contributed by atoms with E-state index in [1.807, 2.05) is 0 Å². The van der Waals surface area contributed by atoms with Gasteiger partial charge >= 0.3 is 0 Å². The van der Waals surface area contributed by atoms with E-state index in [2.05, 4.69) is 60.6 Å². The third kappa shape index (κ3) is 8.34. The van der Waals surface area contributed by atoms with Crippen LogP contribution in [0.15, 0.2) is 12.2 Å². The molecule has 5 aliphatic carbocycles. The molecule has 12 N–H and O–H groups in total. The molecule has 0 aromatic heterocycles. The van der Waals surface area contributed by atoms with Gasteiger partial charge in [0.1, 0.15) is 85.5 Å². The third-order valence-corrected chi connectivity index (χ3v) is 21.3. The van der Waals surface area contributed by atoms with E-state index < -0.39 is 160 Å². The van der Waals surface area contributed by atoms with E-state index in [1.165, 1.54) is 0 Å². The molecule has 0 amide bonds. The summed E-state index contributed by atoms with van der Waals surface area (Å²) >= 11 is 0. The first kappa shape index (κ1) is 55.2. The highest BCUT2D eigenvalue weighted by molar-refractivity contribution is 5.36. The standard InChI is InChI=1S/C52H84O21/c1-46(2)14-15-51-22-67-52(29(51)16-46)13-9-28-48(5)11-10-31(47(3,4)27(48)8-12-49(28,6)50(52,7)17-30(51)56)71-44-40(73-43-39(64)36(61)33(58)24(18-53)68-43)35(60)26(21-66-44)70-45-41(37(62)34(59)25(19-54)69-45)72-42-38(63)32(57)23(55)20-65-42/h9,13,23-45,53-64H,8,10-12,14-22H2,1-7H3/t23-,24-,25-,26+,27+,28-,29-,30-,31+,32+,33-,34-,35+,36+,37+,38-,39-,40-,41-,42+,43+,44+,45+,48+,49-,50+,51-,52+/m1/s1. The fourth-order valence-electron chi connectivity index (χ4n) is 16.7. The Kier molecular flexibility index (Phi) is 14.6. The van der Waals surface area contributed by atoms with Crippen LogP contribution >= 0.6 is 0 Å². The van der Waals surface area contributed by atoms with Crippen LogP contribution in [-0.4, -0.2) is 223 Å². The molecule has 5 saturated heterocycles. The molecule has 5 aliphatic heterocycles. The summed E-state index contributed by atoms with van der Waals surface area (Å²) < 4.78 is 55.9. The van der Waals surface area contributed by atoms with Crippen LogP contribution in [0, 0.1) is 50.2 Å². The largest absolute Gasteiger partial charge is 0.394 e. The van der Waals surface area contributed by atoms with Crippen molar-refractivity contribution in [2.75, 3.05) is 33.0 Å². The topological polar surface area (TPSA) is 326 Å². The fraction of sp³-hybridized carbons (Fsp3) is 0.962. The van der Waals surface area contributed by atoms with Gasteiger partial charge in [-0.1, -0.05) is 60.6 Å². The van der Waals surface area contributed by atoms with Crippen molar-refractivity contribution in [1.29, 1.82) is 0 Å². The van der Waals surface area contributed by atoms with Crippen LogP contribution in [0.5, 0.6) is 0 Å². The van der Waals surface area contributed by atoms with Gasteiger partial charge in [-0.3, -0.25) is 0 Å². The summed E-state index contributed by atoms with van der Waals surface area (Å²) in [4.78, 5) is 0. The van der Waals surface area contributed by atoms with Gasteiger partial charge in [-0.2, -0.15) is 0 Å². The lowest BCUT2D eigenvalue weighted by Gasteiger charge is -2.73. The molecule has 0 radical (unpaired) electrons. The number of hydrogen-bond donors (Lipinski definition) is 12. The van der Waals surface area contributed by atoms with E-state index >= 15 is 0 Å². The van der Waals surface area contributed by atoms with Gasteiger partial charge in [0, 0.05) is 16.7 Å². The van der Waals surface area contributed by atoms with Crippen molar-refractivity contribution < 1.29 is 104 Å². The number of aliphatic hydroxyl groups is 12. The molecule has 28 atom stereocenters. The summed E-state index contributed by atoms with van der Waals surface area (Å²) in [5, 5.41) is 130. The van der Waals surface area contributed by atoms with Gasteiger partial charge in [0.25, 0.3) is 0 Å². The SMILES string of the molecule is CC1(C)CC[C@]23CO[C@@]4(C=C[C@@H]5[C@@]6(C)CC[C@H](O[C@@H]7OC[C@H](O[C@@H]8O[C@H](CO)[C@@H](O)[C@H](O)[C@H]8O[C@@H]8OC[C@@H](O)[C@H](O)[C@H]8O)[C@H](O)[C@H]7O[C@@H]7O[C@H](CO)[C@@H](O)[C@H](O)[C@H]7O)C(C)(C)[C@@H]6CC[C@@]5(C)[C@]4(C)C[C@H]2O)[C@@H]3C1. The average molecular weight is 1050 g/mol. The van der Waals surface area contributed by atoms with Crippen LogP contribution < -0.4 is 0 Å². The Morgan fingerprint density at radius 3 is 1.89 bits per heavy atom. The van der Waals surface area contributed by atoms with Crippen LogP contribution in [0.4, 0.5) is 0 Å². The van der Waals surface area contributed by atoms with E-state index in [4.69, 9.17) is 42.6 Å². The predicted molar refractivity (Wildman–Crippen MR) is 250 cm³/mol. The van der Waals surface area contributed by atoms with Gasteiger partial charge in [0.2, 0.25) is 0 Å². The summed E-state index contributed by atoms with van der Waals surface area (Å²) in [7, 11) is 0. The second kappa shape index (κ2) is 19.3. The van der Waals surface area contributed by atoms with Crippen LogP contribution in [0.1, 0.15) is 99.8 Å². The zero-order chi connectivity index (χ0) is 52.7. The molecule has 10 rings (SSSR count). The lowest BCUT2D eigenvalue weighted by atomic mass is 9.32. The second-order valence-corrected chi connectivity index (χ2v) is 25.8. The van der Waals surface area contributed by atoms with Crippen molar-refractivity contribution in [1.82, 2.24) is 0 Å². The maximum atomic E-state index is 12.3. The number of rotatable bonds is 10. The summed E-state index contributed by atoms with van der Waals surface area (Å²) in [5.41, 5.74) is -1.86. The predicted octanol–water partition coefficient (Wildman–Crippen LogP) is -1.30. The first-order valence-corrected chi connectivity index (χ1v) is 26.8. The molecule has 2 bridgehead atoms. The van der Waals surface area contributed by atoms with Crippen LogP contribution in [-0.2, 0) is 42.6 Å². The molecule has 0 aromatic rings. The Balaban J connectivity index is 0.911. The fourth-order valence-corrected chi connectivity index (χ4v) is 16.7. The normalized spacial score (nSPS) is 57.3. The summed E-state index contributed by atoms with van der Waals surface area (Å²) in [6, 6.07) is 0. The maximum Gasteiger partial charge on any atom is 0.187 e. The molecule has 5 heterocycles. The zero-order valence-corrected chi connectivity index (χ0v) is 43.2. The Labute approximate surface area is 426 Å². The molecule has 0 unspecified atom stereocenters. The Hall–Kier alpha value is -1.10. The zero-order valence-electron chi connectivity index (χ0n) is 43.2. The van der Waals surface area contributed by atoms with E-state index in [0.29, 0.717) is 19.4 Å². The Morgan fingerprint density at radius 1 is 0.562 bits per heavy atom. The first-order valence-electron chi connectivity index (χ1n) is 26.8. The van der Waals surface area contributed by atoms with Crippen molar-refractivity contribution in [3.63, 3.8) is 0 Å². The number of allylic oxidation sites excluding steroid dienone is 1. The summed E-state index contributed by atoms with van der Waals surface area (Å²) in [5.74, 6) is 0.481. The highest BCUT2D eigenvalue weighted by Crippen LogP contribution is 2.79. The minimum absolute atomic E-state index is 0.122. The number of hydrogen-bond acceptors (Lipinski definition) is 21. The van der Waals surface area contributed by atoms with Gasteiger partial charge < -0.3 is 104 Å². The lowest BCUT2D eigenvalue weighted by molar-refractivity contribution is -0.392. The lowest BCUT2D eigenvalue weighted by Crippen LogP contribution is -2.72. The monoisotopic (exact) mass is 1040 g/mol. The molecule has 9 fully saturated rings. The van der Waals surface area contributed by atoms with Crippen molar-refractivity contribution in [3.05, 3.63) is 12.2 Å². The molecule has 4 saturated carbocycles. The highest BCUT2D eigenvalue weighted by atomic mass is 16.8. The highest BCUT2D eigenvalue weighted by Gasteiger charge is 2.79. The van der Waals surface area contributed by atoms with Crippen LogP contribution in [0.2, 0.25) is 0 Å². The first-order chi connectivity index (χ1) is 34.2. The molecule has 1 spiro atoms. The molecule has 418 valence electrons. The smallest absolute Gasteiger partial charge is 0.187 e. The molecule has 10 aliphatic rings. The van der Waals surface area contributed by atoms with Crippen LogP contribution in [0.3, 0.4) is 0 Å². The van der Waals surface area contributed by atoms with Gasteiger partial charge in [-0.15, -0.1) is 0 Å². The average Bonchev–Trinajstić information content (AvgIpc) is 3.62. The summed E-state index contributed by atoms with van der Waals surface area (Å²) in [6.45, 7) is 14.5. The van der Waals surface area contributed by atoms with Gasteiger partial charge in [0.05, 0.1) is 50.8 Å². The Bertz CT molecular complexity index is 2010. The molecular weight excluding hydrogens is 961 g/mol. The third-order valence-electron chi connectivity index (χ3n) is 21.3. The molecule has 21 nitrogen and oxygen atoms in total. The van der Waals surface area contributed by atoms with E-state index in [-0.39, 0.29) is 44.8 Å². The van der Waals surface area contributed by atoms with Crippen molar-refractivity contribution in [3.8, 4) is 0 Å². The quantitative estimate of drug-likeness (QED) is 0.0894. The minimum Gasteiger partial charge on any atom is -0.394 e. The van der Waals surface area contributed by atoms with Crippen molar-refractivity contribution in [2.24, 2.45) is 50.2 Å². The van der Waals surface area contributed by atoms with Gasteiger partial charge in [-0.05, 0) is 84.9 Å². The summed E-state index contributed by atoms with van der Waals surface area (Å²) in [6.07, 6.45) is -19.0. The molecular formula is C52H84O21. The van der Waals surface area contributed by atoms with E-state index in [0.717, 1.165) is 38.5 Å². The molecule has 0 aromatic carbocycles. The minimum atomic E-state index is -1.88. The van der Waals surface area contributed by atoms with Crippen molar-refractivity contribution in [2.45, 2.75) is 228 Å². The van der Waals surface area contributed by atoms with E-state index in [1.54, 1.807) is 0 Å². The maximum absolute atomic E-state index is 12.3. The van der Waals surface area contributed by atoms with Gasteiger partial charge in [0.15, 0.2) is 25.2 Å². The Morgan fingerprint density at radius 2 is 1.19 bits per heavy atom.